The van der Waals surface area contributed by atoms with Gasteiger partial charge in [-0.2, -0.15) is 0 Å². The van der Waals surface area contributed by atoms with Crippen molar-refractivity contribution in [3.8, 4) is 0 Å². The maximum absolute atomic E-state index is 12.3. The van der Waals surface area contributed by atoms with Crippen LogP contribution in [-0.2, 0) is 4.74 Å². The molecule has 1 unspecified atom stereocenters. The van der Waals surface area contributed by atoms with Gasteiger partial charge in [-0.05, 0) is 50.8 Å². The summed E-state index contributed by atoms with van der Waals surface area (Å²) >= 11 is 0. The number of hydrogen-bond donors (Lipinski definition) is 1. The largest absolute Gasteiger partial charge is 0.462 e. The van der Waals surface area contributed by atoms with E-state index in [1.165, 1.54) is 38.8 Å². The van der Waals surface area contributed by atoms with Gasteiger partial charge in [0, 0.05) is 23.6 Å². The van der Waals surface area contributed by atoms with Crippen LogP contribution in [0.3, 0.4) is 0 Å². The first-order chi connectivity index (χ1) is 11.8. The van der Waals surface area contributed by atoms with Crippen molar-refractivity contribution in [1.82, 2.24) is 9.88 Å². The van der Waals surface area contributed by atoms with Gasteiger partial charge in [-0.3, -0.25) is 0 Å². The number of piperidine rings is 1. The zero-order chi connectivity index (χ0) is 16.8. The molecule has 1 aromatic heterocycles. The molecule has 0 amide bonds. The lowest BCUT2D eigenvalue weighted by atomic mass is 9.95. The number of unbranched alkanes of at least 4 members (excludes halogenated alkanes) is 1. The molecule has 1 aliphatic heterocycles. The number of hydrogen-bond acceptors (Lipinski definition) is 3. The molecule has 5 heteroatoms. The number of likely N-dealkylation sites (tertiary alicyclic amines) is 1. The number of nitrogens with zero attached hydrogens (tertiary/aromatic N) is 1. The average molecular weight is 365 g/mol. The molecule has 0 bridgehead atoms. The summed E-state index contributed by atoms with van der Waals surface area (Å²) in [4.78, 5) is 18.0. The van der Waals surface area contributed by atoms with Crippen molar-refractivity contribution >= 4 is 29.3 Å². The van der Waals surface area contributed by atoms with Gasteiger partial charge in [0.05, 0.1) is 12.2 Å². The molecule has 1 saturated heterocycles. The smallest absolute Gasteiger partial charge is 0.340 e. The van der Waals surface area contributed by atoms with Gasteiger partial charge in [0.2, 0.25) is 0 Å². The number of carbonyl (C=O) groups excluding carboxylic acids is 1. The molecule has 1 aliphatic rings. The second-order valence-corrected chi connectivity index (χ2v) is 6.83. The van der Waals surface area contributed by atoms with E-state index in [2.05, 4.69) is 16.8 Å². The highest BCUT2D eigenvalue weighted by molar-refractivity contribution is 6.03. The minimum Gasteiger partial charge on any atom is -0.462 e. The maximum atomic E-state index is 12.3. The molecule has 1 N–H and O–H groups in total. The number of nitrogens with one attached hydrogen (secondary N) is 1. The van der Waals surface area contributed by atoms with E-state index in [1.807, 2.05) is 24.3 Å². The second kappa shape index (κ2) is 9.83. The van der Waals surface area contributed by atoms with Gasteiger partial charge >= 0.3 is 5.97 Å². The molecule has 2 heterocycles. The fourth-order valence-electron chi connectivity index (χ4n) is 3.61. The van der Waals surface area contributed by atoms with E-state index in [9.17, 15) is 4.79 Å². The first-order valence-corrected chi connectivity index (χ1v) is 9.23. The molecule has 0 aliphatic carbocycles. The van der Waals surface area contributed by atoms with Crippen molar-refractivity contribution in [2.75, 3.05) is 26.2 Å². The molecule has 1 atom stereocenters. The summed E-state index contributed by atoms with van der Waals surface area (Å²) in [6.45, 7) is 6.36. The van der Waals surface area contributed by atoms with E-state index < -0.39 is 0 Å². The number of rotatable bonds is 7. The van der Waals surface area contributed by atoms with Crippen molar-refractivity contribution in [2.45, 2.75) is 39.0 Å². The summed E-state index contributed by atoms with van der Waals surface area (Å²) in [7, 11) is 0. The average Bonchev–Trinajstić information content (AvgIpc) is 3.04. The maximum Gasteiger partial charge on any atom is 0.340 e. The van der Waals surface area contributed by atoms with Crippen LogP contribution in [0, 0.1) is 5.92 Å². The van der Waals surface area contributed by atoms with Crippen molar-refractivity contribution in [1.29, 1.82) is 0 Å². The Hall–Kier alpha value is -1.52. The van der Waals surface area contributed by atoms with Crippen molar-refractivity contribution in [2.24, 2.45) is 5.92 Å². The summed E-state index contributed by atoms with van der Waals surface area (Å²) in [5.74, 6) is 0.442. The minimum atomic E-state index is -0.217. The Morgan fingerprint density at radius 3 is 3.04 bits per heavy atom. The predicted octanol–water partition coefficient (Wildman–Crippen LogP) is 4.65. The number of halogens is 1. The number of benzene rings is 1. The third-order valence-corrected chi connectivity index (χ3v) is 5.00. The van der Waals surface area contributed by atoms with Gasteiger partial charge in [-0.25, -0.2) is 4.79 Å². The number of aromatic amines is 1. The first kappa shape index (κ1) is 19.8. The Kier molecular flexibility index (Phi) is 7.79. The Bertz CT molecular complexity index is 671. The highest BCUT2D eigenvalue weighted by Crippen LogP contribution is 2.21. The Morgan fingerprint density at radius 1 is 1.36 bits per heavy atom. The second-order valence-electron chi connectivity index (χ2n) is 6.83. The number of para-hydroxylation sites is 1. The van der Waals surface area contributed by atoms with Crippen LogP contribution in [0.15, 0.2) is 30.5 Å². The van der Waals surface area contributed by atoms with Crippen molar-refractivity contribution in [3.63, 3.8) is 0 Å². The van der Waals surface area contributed by atoms with Crippen LogP contribution in [0.4, 0.5) is 0 Å². The van der Waals surface area contributed by atoms with Gasteiger partial charge in [-0.1, -0.05) is 31.5 Å². The molecule has 0 spiro atoms. The Labute approximate surface area is 156 Å². The molecule has 4 nitrogen and oxygen atoms in total. The number of fused-ring (bicyclic) bond motifs is 1. The molecule has 25 heavy (non-hydrogen) atoms. The molecular weight excluding hydrogens is 336 g/mol. The van der Waals surface area contributed by atoms with Crippen LogP contribution in [0.1, 0.15) is 49.4 Å². The summed E-state index contributed by atoms with van der Waals surface area (Å²) in [5.41, 5.74) is 1.61. The lowest BCUT2D eigenvalue weighted by molar-refractivity contribution is 0.0460. The summed E-state index contributed by atoms with van der Waals surface area (Å²) in [5, 5.41) is 0.936. The summed E-state index contributed by atoms with van der Waals surface area (Å²) in [6.07, 6.45) is 7.78. The van der Waals surface area contributed by atoms with Crippen LogP contribution in [0.5, 0.6) is 0 Å². The zero-order valence-electron chi connectivity index (χ0n) is 15.0. The highest BCUT2D eigenvalue weighted by atomic mass is 35.5. The third-order valence-electron chi connectivity index (χ3n) is 5.00. The standard InChI is InChI=1S/C20H28N2O2.ClH/c1-2-3-11-22-12-6-7-16(15-22)10-13-24-20(23)18-14-21-19-9-5-4-8-17(18)19;/h4-5,8-9,14,16,21H,2-3,6-7,10-13,15H2,1H3;1H. The fraction of sp³-hybridized carbons (Fsp3) is 0.550. The molecule has 1 aromatic carbocycles. The van der Waals surface area contributed by atoms with Crippen molar-refractivity contribution in [3.05, 3.63) is 36.0 Å². The number of ether oxygens (including phenoxy) is 1. The normalized spacial score (nSPS) is 18.0. The van der Waals surface area contributed by atoms with Crippen molar-refractivity contribution < 1.29 is 9.53 Å². The van der Waals surface area contributed by atoms with Gasteiger partial charge < -0.3 is 14.6 Å². The Balaban J connectivity index is 0.00000225. The number of H-pyrrole nitrogens is 1. The third kappa shape index (κ3) is 5.23. The molecule has 2 aromatic rings. The SMILES string of the molecule is CCCCN1CCCC(CCOC(=O)c2c[nH]c3ccccc23)C1.Cl. The monoisotopic (exact) mass is 364 g/mol. The zero-order valence-corrected chi connectivity index (χ0v) is 15.8. The molecular formula is C20H29ClN2O2. The van der Waals surface area contributed by atoms with E-state index in [4.69, 9.17) is 4.74 Å². The van der Waals surface area contributed by atoms with Crippen LogP contribution >= 0.6 is 12.4 Å². The van der Waals surface area contributed by atoms with E-state index >= 15 is 0 Å². The van der Waals surface area contributed by atoms with E-state index in [0.717, 1.165) is 23.9 Å². The summed E-state index contributed by atoms with van der Waals surface area (Å²) < 4.78 is 5.54. The predicted molar refractivity (Wildman–Crippen MR) is 105 cm³/mol. The number of carbonyl (C=O) groups is 1. The topological polar surface area (TPSA) is 45.3 Å². The van der Waals surface area contributed by atoms with E-state index in [-0.39, 0.29) is 18.4 Å². The number of esters is 1. The van der Waals surface area contributed by atoms with Gasteiger partial charge in [-0.15, -0.1) is 12.4 Å². The minimum absolute atomic E-state index is 0. The van der Waals surface area contributed by atoms with Gasteiger partial charge in [0.15, 0.2) is 0 Å². The molecule has 0 saturated carbocycles. The quantitative estimate of drug-likeness (QED) is 0.727. The van der Waals surface area contributed by atoms with Crippen LogP contribution in [-0.4, -0.2) is 42.1 Å². The van der Waals surface area contributed by atoms with Crippen LogP contribution in [0.2, 0.25) is 0 Å². The lowest BCUT2D eigenvalue weighted by Gasteiger charge is -2.32. The Morgan fingerprint density at radius 2 is 2.20 bits per heavy atom. The molecule has 3 rings (SSSR count). The van der Waals surface area contributed by atoms with E-state index in [1.54, 1.807) is 6.20 Å². The van der Waals surface area contributed by atoms with Crippen LogP contribution < -0.4 is 0 Å². The molecule has 1 fully saturated rings. The van der Waals surface area contributed by atoms with Crippen LogP contribution in [0.25, 0.3) is 10.9 Å². The molecule has 138 valence electrons. The van der Waals surface area contributed by atoms with Gasteiger partial charge in [0.1, 0.15) is 0 Å². The molecule has 0 radical (unpaired) electrons. The lowest BCUT2D eigenvalue weighted by Crippen LogP contribution is -2.36. The highest BCUT2D eigenvalue weighted by Gasteiger charge is 2.20. The number of aromatic nitrogens is 1. The van der Waals surface area contributed by atoms with Gasteiger partial charge in [0.25, 0.3) is 0 Å². The fourth-order valence-corrected chi connectivity index (χ4v) is 3.61. The first-order valence-electron chi connectivity index (χ1n) is 9.23. The summed E-state index contributed by atoms with van der Waals surface area (Å²) in [6, 6.07) is 7.83. The van der Waals surface area contributed by atoms with E-state index in [0.29, 0.717) is 18.1 Å².